The molecule has 0 aliphatic carbocycles. The van der Waals surface area contributed by atoms with Gasteiger partial charge in [0.05, 0.1) is 17.7 Å². The Morgan fingerprint density at radius 3 is 2.57 bits per heavy atom. The number of urea groups is 1. The van der Waals surface area contributed by atoms with E-state index in [0.29, 0.717) is 35.1 Å². The first kappa shape index (κ1) is 21.7. The van der Waals surface area contributed by atoms with Gasteiger partial charge in [-0.1, -0.05) is 42.8 Å². The zero-order chi connectivity index (χ0) is 21.7. The molecule has 1 heterocycles. The molecule has 0 saturated heterocycles. The van der Waals surface area contributed by atoms with E-state index in [2.05, 4.69) is 10.6 Å². The molecule has 0 fully saturated rings. The quantitative estimate of drug-likeness (QED) is 0.615. The van der Waals surface area contributed by atoms with Crippen molar-refractivity contribution < 1.29 is 19.1 Å². The van der Waals surface area contributed by atoms with Gasteiger partial charge in [0.2, 0.25) is 0 Å². The largest absolute Gasteiger partial charge is 0.489 e. The van der Waals surface area contributed by atoms with Gasteiger partial charge in [-0.25, -0.2) is 9.59 Å². The number of carbonyl (C=O) groups is 2. The van der Waals surface area contributed by atoms with E-state index in [1.54, 1.807) is 13.8 Å². The fraction of sp³-hybridized carbons (Fsp3) is 0.304. The van der Waals surface area contributed by atoms with Crippen molar-refractivity contribution in [1.29, 1.82) is 0 Å². The molecule has 3 rings (SSSR count). The highest BCUT2D eigenvalue weighted by molar-refractivity contribution is 6.30. The third-order valence-corrected chi connectivity index (χ3v) is 4.83. The molecule has 2 amide bonds. The second-order valence-electron chi connectivity index (χ2n) is 7.22. The second kappa shape index (κ2) is 9.67. The summed E-state index contributed by atoms with van der Waals surface area (Å²) in [4.78, 5) is 25.0. The van der Waals surface area contributed by atoms with Crippen LogP contribution in [-0.2, 0) is 16.1 Å². The maximum atomic E-state index is 12.8. The highest BCUT2D eigenvalue weighted by Crippen LogP contribution is 2.31. The summed E-state index contributed by atoms with van der Waals surface area (Å²) in [7, 11) is 0. The Hall–Kier alpha value is -2.99. The van der Waals surface area contributed by atoms with E-state index in [1.807, 2.05) is 55.5 Å². The number of nitrogens with one attached hydrogen (secondary N) is 2. The van der Waals surface area contributed by atoms with E-state index in [4.69, 9.17) is 21.1 Å². The van der Waals surface area contributed by atoms with E-state index in [1.165, 1.54) is 0 Å². The second-order valence-corrected chi connectivity index (χ2v) is 7.66. The van der Waals surface area contributed by atoms with Gasteiger partial charge >= 0.3 is 12.0 Å². The predicted molar refractivity (Wildman–Crippen MR) is 115 cm³/mol. The summed E-state index contributed by atoms with van der Waals surface area (Å²) >= 11 is 5.92. The van der Waals surface area contributed by atoms with Gasteiger partial charge < -0.3 is 20.1 Å². The molecule has 6 nitrogen and oxygen atoms in total. The van der Waals surface area contributed by atoms with Crippen LogP contribution in [-0.4, -0.2) is 18.1 Å². The van der Waals surface area contributed by atoms with Gasteiger partial charge in [-0.2, -0.15) is 0 Å². The zero-order valence-electron chi connectivity index (χ0n) is 17.2. The molecule has 2 aromatic carbocycles. The third kappa shape index (κ3) is 5.33. The molecule has 0 radical (unpaired) electrons. The number of benzene rings is 2. The van der Waals surface area contributed by atoms with E-state index in [9.17, 15) is 9.59 Å². The van der Waals surface area contributed by atoms with Crippen molar-refractivity contribution >= 4 is 23.6 Å². The Bertz CT molecular complexity index is 954. The maximum Gasteiger partial charge on any atom is 0.338 e. The van der Waals surface area contributed by atoms with Crippen LogP contribution < -0.4 is 15.4 Å². The van der Waals surface area contributed by atoms with Crippen LogP contribution in [0.15, 0.2) is 59.8 Å². The molecule has 0 bridgehead atoms. The van der Waals surface area contributed by atoms with Gasteiger partial charge in [-0.05, 0) is 55.7 Å². The molecule has 2 N–H and O–H groups in total. The van der Waals surface area contributed by atoms with Crippen molar-refractivity contribution in [3.63, 3.8) is 0 Å². The minimum atomic E-state index is -0.626. The summed E-state index contributed by atoms with van der Waals surface area (Å²) in [6.07, 6.45) is 0.231. The summed E-state index contributed by atoms with van der Waals surface area (Å²) in [5.74, 6) is 0.177. The van der Waals surface area contributed by atoms with Crippen molar-refractivity contribution in [1.82, 2.24) is 10.6 Å². The molecule has 2 aromatic rings. The van der Waals surface area contributed by atoms with Crippen molar-refractivity contribution in [3.05, 3.63) is 76.0 Å². The Kier molecular flexibility index (Phi) is 7.00. The minimum Gasteiger partial charge on any atom is -0.489 e. The Morgan fingerprint density at radius 2 is 1.90 bits per heavy atom. The van der Waals surface area contributed by atoms with E-state index < -0.39 is 12.0 Å². The molecule has 0 spiro atoms. The maximum absolute atomic E-state index is 12.8. The number of esters is 1. The summed E-state index contributed by atoms with van der Waals surface area (Å²) in [6.45, 7) is 5.84. The molecule has 0 saturated carbocycles. The number of allylic oxidation sites excluding steroid dienone is 1. The molecule has 1 aliphatic heterocycles. The number of hydrogen-bond donors (Lipinski definition) is 2. The monoisotopic (exact) mass is 428 g/mol. The van der Waals surface area contributed by atoms with Crippen LogP contribution in [0.2, 0.25) is 5.02 Å². The van der Waals surface area contributed by atoms with Crippen LogP contribution in [0.4, 0.5) is 4.79 Å². The minimum absolute atomic E-state index is 0.268. The van der Waals surface area contributed by atoms with E-state index in [0.717, 1.165) is 11.1 Å². The van der Waals surface area contributed by atoms with Crippen LogP contribution in [0, 0.1) is 0 Å². The lowest BCUT2D eigenvalue weighted by atomic mass is 9.94. The molecule has 1 unspecified atom stereocenters. The average Bonchev–Trinajstić information content (AvgIpc) is 2.72. The molecular formula is C23H25ClN2O4. The van der Waals surface area contributed by atoms with Crippen molar-refractivity contribution in [2.45, 2.75) is 45.9 Å². The molecule has 0 aromatic heterocycles. The van der Waals surface area contributed by atoms with Crippen LogP contribution in [0.3, 0.4) is 0 Å². The lowest BCUT2D eigenvalue weighted by molar-refractivity contribution is -0.143. The number of carbonyl (C=O) groups excluding carboxylic acids is 2. The smallest absolute Gasteiger partial charge is 0.338 e. The third-order valence-electron chi connectivity index (χ3n) is 4.58. The lowest BCUT2D eigenvalue weighted by Gasteiger charge is -2.29. The van der Waals surface area contributed by atoms with E-state index in [-0.39, 0.29) is 12.1 Å². The van der Waals surface area contributed by atoms with Crippen molar-refractivity contribution in [2.24, 2.45) is 0 Å². The molecule has 30 heavy (non-hydrogen) atoms. The molecule has 1 aliphatic rings. The zero-order valence-corrected chi connectivity index (χ0v) is 18.0. The van der Waals surface area contributed by atoms with E-state index >= 15 is 0 Å². The number of hydrogen-bond acceptors (Lipinski definition) is 4. The first-order valence-electron chi connectivity index (χ1n) is 9.86. The fourth-order valence-electron chi connectivity index (χ4n) is 3.20. The number of amides is 2. The average molecular weight is 429 g/mol. The van der Waals surface area contributed by atoms with Crippen molar-refractivity contribution in [2.75, 3.05) is 0 Å². The standard InChI is InChI=1S/C23H25ClN2O4/c1-4-19-20(22(27)30-14(2)3)21(26-23(28)25-19)16-6-5-7-18(12-16)29-13-15-8-10-17(24)11-9-15/h5-12,14,21H,4,13H2,1-3H3,(H2,25,26,28). The molecule has 158 valence electrons. The first-order chi connectivity index (χ1) is 14.4. The van der Waals surface area contributed by atoms with Gasteiger partial charge in [0.15, 0.2) is 0 Å². The van der Waals surface area contributed by atoms with Gasteiger partial charge in [0.25, 0.3) is 0 Å². The summed E-state index contributed by atoms with van der Waals surface area (Å²) in [6, 6.07) is 13.8. The Labute approximate surface area is 181 Å². The SMILES string of the molecule is CCC1=C(C(=O)OC(C)C)C(c2cccc(OCc3ccc(Cl)cc3)c2)NC(=O)N1. The van der Waals surface area contributed by atoms with Gasteiger partial charge in [-0.15, -0.1) is 0 Å². The van der Waals surface area contributed by atoms with Gasteiger partial charge in [-0.3, -0.25) is 0 Å². The van der Waals surface area contributed by atoms with Crippen LogP contribution in [0.25, 0.3) is 0 Å². The Morgan fingerprint density at radius 1 is 1.17 bits per heavy atom. The molecular weight excluding hydrogens is 404 g/mol. The van der Waals surface area contributed by atoms with Gasteiger partial charge in [0, 0.05) is 10.7 Å². The Balaban J connectivity index is 1.86. The van der Waals surface area contributed by atoms with Crippen molar-refractivity contribution in [3.8, 4) is 5.75 Å². The highest BCUT2D eigenvalue weighted by Gasteiger charge is 2.33. The van der Waals surface area contributed by atoms with Crippen LogP contribution >= 0.6 is 11.6 Å². The summed E-state index contributed by atoms with van der Waals surface area (Å²) in [5.41, 5.74) is 2.68. The summed E-state index contributed by atoms with van der Waals surface area (Å²) in [5, 5.41) is 6.22. The lowest BCUT2D eigenvalue weighted by Crippen LogP contribution is -2.46. The molecule has 1 atom stereocenters. The predicted octanol–water partition coefficient (Wildman–Crippen LogP) is 4.89. The highest BCUT2D eigenvalue weighted by atomic mass is 35.5. The van der Waals surface area contributed by atoms with Crippen LogP contribution in [0.5, 0.6) is 5.75 Å². The number of ether oxygens (including phenoxy) is 2. The first-order valence-corrected chi connectivity index (χ1v) is 10.2. The summed E-state index contributed by atoms with van der Waals surface area (Å²) < 4.78 is 11.3. The normalized spacial score (nSPS) is 16.2. The number of rotatable bonds is 7. The number of halogens is 1. The van der Waals surface area contributed by atoms with Gasteiger partial charge in [0.1, 0.15) is 12.4 Å². The van der Waals surface area contributed by atoms with Crippen LogP contribution in [0.1, 0.15) is 44.4 Å². The molecule has 7 heteroatoms. The topological polar surface area (TPSA) is 76.7 Å². The fourth-order valence-corrected chi connectivity index (χ4v) is 3.32.